The van der Waals surface area contributed by atoms with Crippen molar-refractivity contribution in [2.45, 2.75) is 69.4 Å². The molecule has 1 unspecified atom stereocenters. The van der Waals surface area contributed by atoms with E-state index in [1.54, 1.807) is 18.2 Å². The van der Waals surface area contributed by atoms with E-state index in [9.17, 15) is 31.4 Å². The van der Waals surface area contributed by atoms with Crippen molar-refractivity contribution < 1.29 is 40.9 Å². The van der Waals surface area contributed by atoms with E-state index in [1.807, 2.05) is 12.2 Å². The zero-order valence-corrected chi connectivity index (χ0v) is 20.4. The summed E-state index contributed by atoms with van der Waals surface area (Å²) in [6.07, 6.45) is 0.497. The third-order valence-corrected chi connectivity index (χ3v) is 6.53. The van der Waals surface area contributed by atoms with Crippen molar-refractivity contribution in [1.29, 1.82) is 0 Å². The van der Waals surface area contributed by atoms with Crippen molar-refractivity contribution in [2.24, 2.45) is 5.92 Å². The minimum atomic E-state index is -4.98. The summed E-state index contributed by atoms with van der Waals surface area (Å²) in [6.45, 7) is 8.81. The van der Waals surface area contributed by atoms with Gasteiger partial charge in [0.15, 0.2) is 0 Å². The molecule has 9 heteroatoms. The van der Waals surface area contributed by atoms with Gasteiger partial charge in [-0.15, -0.1) is 13.2 Å². The average molecular weight is 529 g/mol. The molecule has 1 aliphatic heterocycles. The summed E-state index contributed by atoms with van der Waals surface area (Å²) in [4.78, 5) is 0. The van der Waals surface area contributed by atoms with Gasteiger partial charge in [-0.2, -0.15) is 26.3 Å². The van der Waals surface area contributed by atoms with Crippen LogP contribution in [-0.2, 0) is 21.8 Å². The molecule has 0 saturated carbocycles. The van der Waals surface area contributed by atoms with Crippen LogP contribution in [0.4, 0.5) is 26.3 Å². The Morgan fingerprint density at radius 2 is 1.65 bits per heavy atom. The molecule has 3 nitrogen and oxygen atoms in total. The van der Waals surface area contributed by atoms with Crippen LogP contribution in [0.3, 0.4) is 0 Å². The maximum atomic E-state index is 13.4. The van der Waals surface area contributed by atoms with Crippen LogP contribution in [0, 0.1) is 5.92 Å². The highest BCUT2D eigenvalue weighted by Crippen LogP contribution is 2.42. The van der Waals surface area contributed by atoms with Gasteiger partial charge in [0, 0.05) is 11.5 Å². The first-order valence-electron chi connectivity index (χ1n) is 11.9. The number of allylic oxidation sites excluding steroid dienone is 2. The van der Waals surface area contributed by atoms with Crippen LogP contribution in [0.5, 0.6) is 0 Å². The Labute approximate surface area is 212 Å². The lowest BCUT2D eigenvalue weighted by Gasteiger charge is -2.38. The maximum Gasteiger partial charge on any atom is 0.416 e. The van der Waals surface area contributed by atoms with E-state index in [2.05, 4.69) is 13.2 Å². The minimum absolute atomic E-state index is 0.0804. The summed E-state index contributed by atoms with van der Waals surface area (Å²) in [5, 5.41) is 11.5. The molecule has 0 fully saturated rings. The molecule has 1 heterocycles. The summed E-state index contributed by atoms with van der Waals surface area (Å²) >= 11 is 0. The predicted molar refractivity (Wildman–Crippen MR) is 128 cm³/mol. The summed E-state index contributed by atoms with van der Waals surface area (Å²) in [7, 11) is 0. The van der Waals surface area contributed by atoms with Crippen LogP contribution in [0.25, 0.3) is 0 Å². The fourth-order valence-electron chi connectivity index (χ4n) is 4.71. The standard InChI is InChI=1S/C28H30F6O3/c1-4-12-26(35,13-5-2)23-11-14-36-25(24(23)19-9-7-6-8-10-19)37-18(3)20-15-21(27(29,30)31)17-22(16-20)28(32,33)34/h4-5,7,9,11,14-19,25,35H,1-2,6,8,10,12-13H2,3H3/t18-,19?,25-/m1/s1. The van der Waals surface area contributed by atoms with Crippen LogP contribution in [0.15, 0.2) is 79.1 Å². The van der Waals surface area contributed by atoms with Crippen LogP contribution in [0.1, 0.15) is 61.8 Å². The Hall–Kier alpha value is -2.78. The molecule has 1 N–H and O–H groups in total. The number of ether oxygens (including phenoxy) is 2. The number of aliphatic hydroxyl groups is 1. The highest BCUT2D eigenvalue weighted by molar-refractivity contribution is 5.41. The average Bonchev–Trinajstić information content (AvgIpc) is 2.83. The molecular weight excluding hydrogens is 498 g/mol. The van der Waals surface area contributed by atoms with E-state index < -0.39 is 41.5 Å². The third kappa shape index (κ3) is 6.76. The van der Waals surface area contributed by atoms with Crippen molar-refractivity contribution in [1.82, 2.24) is 0 Å². The van der Waals surface area contributed by atoms with Gasteiger partial charge in [0.25, 0.3) is 0 Å². The molecule has 1 aromatic rings. The van der Waals surface area contributed by atoms with Gasteiger partial charge in [-0.1, -0.05) is 24.3 Å². The second-order valence-corrected chi connectivity index (χ2v) is 9.24. The van der Waals surface area contributed by atoms with Gasteiger partial charge in [0.1, 0.15) is 0 Å². The fraction of sp³-hybridized carbons (Fsp3) is 0.429. The van der Waals surface area contributed by atoms with Crippen LogP contribution >= 0.6 is 0 Å². The largest absolute Gasteiger partial charge is 0.468 e. The Morgan fingerprint density at radius 1 is 1.05 bits per heavy atom. The van der Waals surface area contributed by atoms with Gasteiger partial charge in [0.05, 0.1) is 29.1 Å². The van der Waals surface area contributed by atoms with Gasteiger partial charge in [0.2, 0.25) is 6.29 Å². The molecule has 2 aliphatic rings. The molecule has 0 amide bonds. The van der Waals surface area contributed by atoms with Gasteiger partial charge in [-0.25, -0.2) is 0 Å². The summed E-state index contributed by atoms with van der Waals surface area (Å²) in [5.41, 5.74) is -3.46. The van der Waals surface area contributed by atoms with Crippen LogP contribution in [0.2, 0.25) is 0 Å². The summed E-state index contributed by atoms with van der Waals surface area (Å²) in [5.74, 6) is -0.209. The number of benzene rings is 1. The Morgan fingerprint density at radius 3 is 2.14 bits per heavy atom. The zero-order chi connectivity index (χ0) is 27.4. The van der Waals surface area contributed by atoms with Crippen molar-refractivity contribution in [3.8, 4) is 0 Å². The number of hydrogen-bond donors (Lipinski definition) is 1. The molecule has 3 rings (SSSR count). The topological polar surface area (TPSA) is 38.7 Å². The highest BCUT2D eigenvalue weighted by atomic mass is 19.4. The normalized spacial score (nSPS) is 21.5. The third-order valence-electron chi connectivity index (χ3n) is 6.53. The smallest absolute Gasteiger partial charge is 0.416 e. The maximum absolute atomic E-state index is 13.4. The fourth-order valence-corrected chi connectivity index (χ4v) is 4.71. The molecule has 0 radical (unpaired) electrons. The molecule has 3 atom stereocenters. The van der Waals surface area contributed by atoms with E-state index in [1.165, 1.54) is 13.2 Å². The summed E-state index contributed by atoms with van der Waals surface area (Å²) < 4.78 is 92.0. The lowest BCUT2D eigenvalue weighted by atomic mass is 9.77. The Bertz CT molecular complexity index is 1040. The van der Waals surface area contributed by atoms with E-state index in [0.29, 0.717) is 29.7 Å². The van der Waals surface area contributed by atoms with E-state index in [0.717, 1.165) is 12.8 Å². The van der Waals surface area contributed by atoms with Crippen LogP contribution in [-0.4, -0.2) is 17.0 Å². The van der Waals surface area contributed by atoms with Crippen molar-refractivity contribution in [2.75, 3.05) is 0 Å². The monoisotopic (exact) mass is 528 g/mol. The Balaban J connectivity index is 2.07. The predicted octanol–water partition coefficient (Wildman–Crippen LogP) is 8.21. The molecular formula is C28H30F6O3. The Kier molecular flexibility index (Phi) is 8.80. The lowest BCUT2D eigenvalue weighted by molar-refractivity contribution is -0.143. The number of halogens is 6. The quantitative estimate of drug-likeness (QED) is 0.259. The van der Waals surface area contributed by atoms with E-state index in [4.69, 9.17) is 9.47 Å². The van der Waals surface area contributed by atoms with Crippen molar-refractivity contribution in [3.63, 3.8) is 0 Å². The highest BCUT2D eigenvalue weighted by Gasteiger charge is 2.40. The number of hydrogen-bond acceptors (Lipinski definition) is 3. The molecule has 202 valence electrons. The second-order valence-electron chi connectivity index (χ2n) is 9.24. The van der Waals surface area contributed by atoms with Crippen molar-refractivity contribution in [3.05, 3.63) is 95.8 Å². The number of alkyl halides is 6. The lowest BCUT2D eigenvalue weighted by Crippen LogP contribution is -2.37. The molecule has 0 spiro atoms. The van der Waals surface area contributed by atoms with Gasteiger partial charge in [-0.05, 0) is 74.4 Å². The number of rotatable bonds is 9. The molecule has 1 aromatic carbocycles. The molecule has 0 bridgehead atoms. The first-order chi connectivity index (χ1) is 17.3. The first-order valence-corrected chi connectivity index (χ1v) is 11.9. The molecule has 0 aromatic heterocycles. The second kappa shape index (κ2) is 11.3. The van der Waals surface area contributed by atoms with Gasteiger partial charge < -0.3 is 14.6 Å². The van der Waals surface area contributed by atoms with Crippen molar-refractivity contribution >= 4 is 0 Å². The van der Waals surface area contributed by atoms with Gasteiger partial charge >= 0.3 is 12.4 Å². The van der Waals surface area contributed by atoms with E-state index >= 15 is 0 Å². The first kappa shape index (κ1) is 28.8. The van der Waals surface area contributed by atoms with E-state index in [-0.39, 0.29) is 30.4 Å². The van der Waals surface area contributed by atoms with Gasteiger partial charge in [-0.3, -0.25) is 0 Å². The zero-order valence-electron chi connectivity index (χ0n) is 20.4. The minimum Gasteiger partial charge on any atom is -0.468 e. The summed E-state index contributed by atoms with van der Waals surface area (Å²) in [6, 6.07) is 1.38. The molecule has 37 heavy (non-hydrogen) atoms. The molecule has 0 saturated heterocycles. The van der Waals surface area contributed by atoms with Crippen LogP contribution < -0.4 is 0 Å². The SMILES string of the molecule is C=CCC(O)(CC=C)C1=C(C2C=CCCC2)[C@@H](O[C@H](C)c2cc(C(F)(F)F)cc(C(F)(F)F)c2)OC=C1. The molecule has 1 aliphatic carbocycles.